The number of carbonyl (C=O) groups is 4. The Labute approximate surface area is 178 Å². The van der Waals surface area contributed by atoms with E-state index in [0.717, 1.165) is 5.56 Å². The van der Waals surface area contributed by atoms with E-state index >= 15 is 0 Å². The van der Waals surface area contributed by atoms with E-state index in [4.69, 9.17) is 4.74 Å². The summed E-state index contributed by atoms with van der Waals surface area (Å²) in [6.07, 6.45) is 0.578. The highest BCUT2D eigenvalue weighted by molar-refractivity contribution is 6.38. The lowest BCUT2D eigenvalue weighted by atomic mass is 10.0. The molecule has 1 unspecified atom stereocenters. The number of benzene rings is 1. The molecule has 166 valence electrons. The van der Waals surface area contributed by atoms with Crippen LogP contribution in [0.5, 0.6) is 0 Å². The van der Waals surface area contributed by atoms with Crippen molar-refractivity contribution in [1.82, 2.24) is 16.0 Å². The maximum atomic E-state index is 12.8. The van der Waals surface area contributed by atoms with E-state index in [-0.39, 0.29) is 12.5 Å². The Bertz CT molecular complexity index is 706. The monoisotopic (exact) mass is 419 g/mol. The van der Waals surface area contributed by atoms with Crippen LogP contribution in [-0.2, 0) is 25.7 Å². The van der Waals surface area contributed by atoms with Gasteiger partial charge in [-0.05, 0) is 31.2 Å². The fourth-order valence-electron chi connectivity index (χ4n) is 2.85. The summed E-state index contributed by atoms with van der Waals surface area (Å²) in [5.41, 5.74) is 0.827. The Morgan fingerprint density at radius 2 is 1.63 bits per heavy atom. The van der Waals surface area contributed by atoms with Gasteiger partial charge in [0.15, 0.2) is 0 Å². The first-order chi connectivity index (χ1) is 14.3. The molecular weight excluding hydrogens is 386 g/mol. The molecular formula is C22H33N3O5. The average Bonchev–Trinajstić information content (AvgIpc) is 2.71. The second kappa shape index (κ2) is 13.3. The third-order valence-electron chi connectivity index (χ3n) is 4.30. The van der Waals surface area contributed by atoms with Gasteiger partial charge >= 0.3 is 6.09 Å². The molecule has 1 aromatic rings. The molecule has 1 rings (SSSR count). The molecule has 0 fully saturated rings. The summed E-state index contributed by atoms with van der Waals surface area (Å²) in [4.78, 5) is 49.2. The van der Waals surface area contributed by atoms with Gasteiger partial charge in [0.25, 0.3) is 5.91 Å². The number of nitrogens with one attached hydrogen (secondary N) is 3. The van der Waals surface area contributed by atoms with Crippen LogP contribution >= 0.6 is 0 Å². The lowest BCUT2D eigenvalue weighted by Crippen LogP contribution is -2.54. The topological polar surface area (TPSA) is 114 Å². The molecule has 0 bridgehead atoms. The van der Waals surface area contributed by atoms with E-state index in [9.17, 15) is 19.2 Å². The first-order valence-corrected chi connectivity index (χ1v) is 10.4. The van der Waals surface area contributed by atoms with Crippen LogP contribution in [-0.4, -0.2) is 42.3 Å². The highest BCUT2D eigenvalue weighted by Gasteiger charge is 2.30. The van der Waals surface area contributed by atoms with Crippen molar-refractivity contribution in [3.63, 3.8) is 0 Å². The number of carbonyl (C=O) groups excluding carboxylic acids is 4. The summed E-state index contributed by atoms with van der Waals surface area (Å²) < 4.78 is 5.20. The molecule has 0 heterocycles. The second-order valence-electron chi connectivity index (χ2n) is 7.46. The number of ketones is 1. The average molecular weight is 420 g/mol. The molecule has 0 saturated carbocycles. The normalized spacial score (nSPS) is 12.6. The molecule has 3 amide bonds. The minimum Gasteiger partial charge on any atom is -0.445 e. The molecule has 8 nitrogen and oxygen atoms in total. The zero-order valence-corrected chi connectivity index (χ0v) is 18.2. The van der Waals surface area contributed by atoms with Crippen LogP contribution in [0.25, 0.3) is 0 Å². The van der Waals surface area contributed by atoms with Gasteiger partial charge in [-0.25, -0.2) is 4.79 Å². The molecule has 0 aliphatic heterocycles. The van der Waals surface area contributed by atoms with Crippen LogP contribution in [0.4, 0.5) is 4.79 Å². The summed E-state index contributed by atoms with van der Waals surface area (Å²) in [7, 11) is 0. The summed E-state index contributed by atoms with van der Waals surface area (Å²) in [5.74, 6) is -1.83. The first kappa shape index (κ1) is 25.1. The van der Waals surface area contributed by atoms with Gasteiger partial charge in [0.05, 0.1) is 6.04 Å². The lowest BCUT2D eigenvalue weighted by molar-refractivity contribution is -0.140. The Kier molecular flexibility index (Phi) is 11.2. The number of likely N-dealkylation sites (N-methyl/N-ethyl adjacent to an activating group) is 1. The fourth-order valence-corrected chi connectivity index (χ4v) is 2.85. The van der Waals surface area contributed by atoms with Crippen LogP contribution in [0.3, 0.4) is 0 Å². The van der Waals surface area contributed by atoms with Crippen molar-refractivity contribution in [2.75, 3.05) is 6.54 Å². The van der Waals surface area contributed by atoms with Gasteiger partial charge in [-0.3, -0.25) is 14.4 Å². The Morgan fingerprint density at radius 3 is 2.20 bits per heavy atom. The summed E-state index contributed by atoms with van der Waals surface area (Å²) in [6.45, 7) is 7.80. The number of ether oxygens (including phenoxy) is 1. The van der Waals surface area contributed by atoms with Crippen molar-refractivity contribution in [1.29, 1.82) is 0 Å². The molecule has 30 heavy (non-hydrogen) atoms. The number of rotatable bonds is 12. The Morgan fingerprint density at radius 1 is 0.967 bits per heavy atom. The van der Waals surface area contributed by atoms with Crippen molar-refractivity contribution in [2.45, 2.75) is 65.6 Å². The zero-order chi connectivity index (χ0) is 22.5. The third kappa shape index (κ3) is 9.07. The number of hydrogen-bond donors (Lipinski definition) is 3. The van der Waals surface area contributed by atoms with Gasteiger partial charge in [0.1, 0.15) is 12.6 Å². The number of alkyl carbamates (subject to hydrolysis) is 1. The molecule has 3 N–H and O–H groups in total. The van der Waals surface area contributed by atoms with E-state index in [0.29, 0.717) is 25.8 Å². The molecule has 0 saturated heterocycles. The van der Waals surface area contributed by atoms with Crippen LogP contribution < -0.4 is 16.0 Å². The van der Waals surface area contributed by atoms with Crippen molar-refractivity contribution >= 4 is 23.7 Å². The maximum absolute atomic E-state index is 12.8. The largest absolute Gasteiger partial charge is 0.445 e. The lowest BCUT2D eigenvalue weighted by Gasteiger charge is -2.23. The maximum Gasteiger partial charge on any atom is 0.408 e. The molecule has 0 radical (unpaired) electrons. The minimum absolute atomic E-state index is 0.0802. The summed E-state index contributed by atoms with van der Waals surface area (Å²) in [6, 6.07) is 7.37. The van der Waals surface area contributed by atoms with Crippen LogP contribution in [0.1, 0.15) is 52.5 Å². The van der Waals surface area contributed by atoms with Crippen LogP contribution in [0.15, 0.2) is 30.3 Å². The zero-order valence-electron chi connectivity index (χ0n) is 18.2. The van der Waals surface area contributed by atoms with Crippen molar-refractivity contribution in [3.8, 4) is 0 Å². The van der Waals surface area contributed by atoms with Crippen molar-refractivity contribution < 1.29 is 23.9 Å². The predicted octanol–water partition coefficient (Wildman–Crippen LogP) is 2.32. The van der Waals surface area contributed by atoms with Gasteiger partial charge in [-0.15, -0.1) is 0 Å². The third-order valence-corrected chi connectivity index (χ3v) is 4.30. The number of amides is 3. The highest BCUT2D eigenvalue weighted by Crippen LogP contribution is 2.08. The molecule has 2 atom stereocenters. The van der Waals surface area contributed by atoms with Crippen LogP contribution in [0, 0.1) is 5.92 Å². The second-order valence-corrected chi connectivity index (χ2v) is 7.46. The number of Topliss-reactive ketones (excluding diaryl/α,β-unsaturated/α-hetero) is 1. The summed E-state index contributed by atoms with van der Waals surface area (Å²) in [5, 5.41) is 7.65. The first-order valence-electron chi connectivity index (χ1n) is 10.4. The fraction of sp³-hybridized carbons (Fsp3) is 0.545. The van der Waals surface area contributed by atoms with Crippen molar-refractivity contribution in [2.24, 2.45) is 5.92 Å². The van der Waals surface area contributed by atoms with Gasteiger partial charge in [-0.1, -0.05) is 57.5 Å². The van der Waals surface area contributed by atoms with Crippen LogP contribution in [0.2, 0.25) is 0 Å². The van der Waals surface area contributed by atoms with Gasteiger partial charge < -0.3 is 20.7 Å². The van der Waals surface area contributed by atoms with Gasteiger partial charge in [-0.2, -0.15) is 0 Å². The van der Waals surface area contributed by atoms with E-state index in [1.807, 2.05) is 51.1 Å². The molecule has 0 aliphatic carbocycles. The van der Waals surface area contributed by atoms with E-state index in [2.05, 4.69) is 16.0 Å². The smallest absolute Gasteiger partial charge is 0.408 e. The predicted molar refractivity (Wildman–Crippen MR) is 114 cm³/mol. The van der Waals surface area contributed by atoms with E-state index in [1.54, 1.807) is 6.92 Å². The standard InChI is InChI=1S/C22H33N3O5/c1-5-10-17(19(26)21(28)23-6-2)24-20(27)18(13-15(3)4)25-22(29)30-14-16-11-8-7-9-12-16/h7-9,11-12,15,17-18H,5-6,10,13-14H2,1-4H3,(H,23,28)(H,24,27)(H,25,29)/t17?,18-/m0/s1. The molecule has 8 heteroatoms. The summed E-state index contributed by atoms with van der Waals surface area (Å²) >= 11 is 0. The Balaban J connectivity index is 2.76. The van der Waals surface area contributed by atoms with E-state index < -0.39 is 35.8 Å². The molecule has 0 spiro atoms. The Hall–Kier alpha value is -2.90. The quantitative estimate of drug-likeness (QED) is 0.450. The highest BCUT2D eigenvalue weighted by atomic mass is 16.5. The SMILES string of the molecule is CCCC(NC(=O)[C@H](CC(C)C)NC(=O)OCc1ccccc1)C(=O)C(=O)NCC. The molecule has 0 aromatic heterocycles. The minimum atomic E-state index is -0.939. The van der Waals surface area contributed by atoms with Gasteiger partial charge in [0, 0.05) is 6.54 Å². The number of hydrogen-bond acceptors (Lipinski definition) is 5. The van der Waals surface area contributed by atoms with E-state index in [1.165, 1.54) is 0 Å². The molecule has 1 aromatic carbocycles. The van der Waals surface area contributed by atoms with Gasteiger partial charge in [0.2, 0.25) is 11.7 Å². The van der Waals surface area contributed by atoms with Crippen molar-refractivity contribution in [3.05, 3.63) is 35.9 Å². The molecule has 0 aliphatic rings.